The largest absolute Gasteiger partial charge is 0.444 e. The van der Waals surface area contributed by atoms with E-state index in [1.807, 2.05) is 62.6 Å². The van der Waals surface area contributed by atoms with E-state index in [-0.39, 0.29) is 35.8 Å². The Bertz CT molecular complexity index is 849. The maximum atomic E-state index is 13.3. The number of ether oxygens (including phenoxy) is 1. The standard InChI is InChI=1S/C27H41N3O4/c1-20(2)30(26(33)34-27(3,4)5)18-22-12-9-14-29(17-22)25(32)23-16-24(31)28(19-23)15-13-21-10-7-6-8-11-21/h6-8,10-11,20,22-23H,9,12-19H2,1-5H3. The number of rotatable bonds is 7. The van der Waals surface area contributed by atoms with E-state index in [0.717, 1.165) is 25.8 Å². The molecular weight excluding hydrogens is 430 g/mol. The van der Waals surface area contributed by atoms with E-state index in [9.17, 15) is 14.4 Å². The van der Waals surface area contributed by atoms with Crippen molar-refractivity contribution in [3.63, 3.8) is 0 Å². The Morgan fingerprint density at radius 3 is 2.50 bits per heavy atom. The van der Waals surface area contributed by atoms with Gasteiger partial charge in [-0.05, 0) is 65.4 Å². The SMILES string of the molecule is CC(C)N(CC1CCCN(C(=O)C2CC(=O)N(CCc3ccccc3)C2)C1)C(=O)OC(C)(C)C. The van der Waals surface area contributed by atoms with E-state index in [1.165, 1.54) is 5.56 Å². The van der Waals surface area contributed by atoms with Crippen LogP contribution in [0.15, 0.2) is 30.3 Å². The molecule has 2 atom stereocenters. The van der Waals surface area contributed by atoms with Crippen LogP contribution in [0.3, 0.4) is 0 Å². The number of hydrogen-bond donors (Lipinski definition) is 0. The average molecular weight is 472 g/mol. The minimum Gasteiger partial charge on any atom is -0.444 e. The number of carbonyl (C=O) groups is 3. The van der Waals surface area contributed by atoms with Gasteiger partial charge < -0.3 is 19.4 Å². The zero-order valence-electron chi connectivity index (χ0n) is 21.5. The van der Waals surface area contributed by atoms with Gasteiger partial charge in [0.05, 0.1) is 5.92 Å². The van der Waals surface area contributed by atoms with Gasteiger partial charge in [0.1, 0.15) is 5.60 Å². The van der Waals surface area contributed by atoms with Gasteiger partial charge in [0.25, 0.3) is 0 Å². The molecule has 34 heavy (non-hydrogen) atoms. The van der Waals surface area contributed by atoms with Crippen LogP contribution in [0.5, 0.6) is 0 Å². The minimum absolute atomic E-state index is 0.0200. The summed E-state index contributed by atoms with van der Waals surface area (Å²) in [7, 11) is 0. The zero-order chi connectivity index (χ0) is 24.9. The number of piperidine rings is 1. The van der Waals surface area contributed by atoms with E-state index in [1.54, 1.807) is 4.90 Å². The number of amides is 3. The van der Waals surface area contributed by atoms with Crippen molar-refractivity contribution in [2.45, 2.75) is 71.9 Å². The molecule has 3 amide bonds. The third-order valence-electron chi connectivity index (χ3n) is 6.61. The molecule has 0 aliphatic carbocycles. The van der Waals surface area contributed by atoms with Gasteiger partial charge in [-0.1, -0.05) is 30.3 Å². The second kappa shape index (κ2) is 11.2. The van der Waals surface area contributed by atoms with Crippen LogP contribution in [0.1, 0.15) is 59.4 Å². The molecule has 0 aromatic heterocycles. The normalized spacial score (nSPS) is 21.2. The minimum atomic E-state index is -0.541. The smallest absolute Gasteiger partial charge is 0.410 e. The summed E-state index contributed by atoms with van der Waals surface area (Å²) in [6.07, 6.45) is 2.68. The first-order chi connectivity index (χ1) is 16.0. The third kappa shape index (κ3) is 7.21. The average Bonchev–Trinajstić information content (AvgIpc) is 3.15. The fourth-order valence-corrected chi connectivity index (χ4v) is 4.83. The van der Waals surface area contributed by atoms with Gasteiger partial charge in [0.15, 0.2) is 0 Å². The Morgan fingerprint density at radius 2 is 1.85 bits per heavy atom. The van der Waals surface area contributed by atoms with Crippen molar-refractivity contribution in [1.29, 1.82) is 0 Å². The van der Waals surface area contributed by atoms with Crippen LogP contribution in [-0.4, -0.2) is 77.0 Å². The van der Waals surface area contributed by atoms with Crippen molar-refractivity contribution in [1.82, 2.24) is 14.7 Å². The second-order valence-electron chi connectivity index (χ2n) is 11.0. The Balaban J connectivity index is 1.54. The third-order valence-corrected chi connectivity index (χ3v) is 6.61. The molecule has 0 bridgehead atoms. The molecular formula is C27H41N3O4. The first-order valence-corrected chi connectivity index (χ1v) is 12.6. The van der Waals surface area contributed by atoms with Gasteiger partial charge in [-0.3, -0.25) is 9.59 Å². The zero-order valence-corrected chi connectivity index (χ0v) is 21.5. The highest BCUT2D eigenvalue weighted by molar-refractivity contribution is 5.89. The van der Waals surface area contributed by atoms with Crippen LogP contribution in [-0.2, 0) is 20.7 Å². The monoisotopic (exact) mass is 471 g/mol. The summed E-state index contributed by atoms with van der Waals surface area (Å²) < 4.78 is 5.60. The molecule has 1 aromatic rings. The number of carbonyl (C=O) groups excluding carboxylic acids is 3. The van der Waals surface area contributed by atoms with Gasteiger partial charge in [-0.15, -0.1) is 0 Å². The van der Waals surface area contributed by atoms with Crippen LogP contribution in [0.2, 0.25) is 0 Å². The molecule has 0 N–H and O–H groups in total. The van der Waals surface area contributed by atoms with Gasteiger partial charge in [0, 0.05) is 45.2 Å². The lowest BCUT2D eigenvalue weighted by atomic mass is 9.95. The first-order valence-electron chi connectivity index (χ1n) is 12.6. The van der Waals surface area contributed by atoms with Gasteiger partial charge >= 0.3 is 6.09 Å². The summed E-state index contributed by atoms with van der Waals surface area (Å²) in [6, 6.07) is 10.1. The number of nitrogens with zero attached hydrogens (tertiary/aromatic N) is 3. The highest BCUT2D eigenvalue weighted by atomic mass is 16.6. The van der Waals surface area contributed by atoms with Crippen LogP contribution in [0.4, 0.5) is 4.79 Å². The summed E-state index contributed by atoms with van der Waals surface area (Å²) in [5.74, 6) is 0.0837. The maximum absolute atomic E-state index is 13.3. The molecule has 188 valence electrons. The van der Waals surface area contributed by atoms with Crippen molar-refractivity contribution in [3.05, 3.63) is 35.9 Å². The molecule has 0 spiro atoms. The summed E-state index contributed by atoms with van der Waals surface area (Å²) >= 11 is 0. The van der Waals surface area contributed by atoms with Crippen molar-refractivity contribution < 1.29 is 19.1 Å². The summed E-state index contributed by atoms with van der Waals surface area (Å²) in [6.45, 7) is 12.7. The molecule has 0 saturated carbocycles. The Morgan fingerprint density at radius 1 is 1.15 bits per heavy atom. The fraction of sp³-hybridized carbons (Fsp3) is 0.667. The predicted octanol–water partition coefficient (Wildman–Crippen LogP) is 3.96. The van der Waals surface area contributed by atoms with E-state index >= 15 is 0 Å². The molecule has 3 rings (SSSR count). The molecule has 2 fully saturated rings. The molecule has 7 heteroatoms. The molecule has 1 aromatic carbocycles. The van der Waals surface area contributed by atoms with Gasteiger partial charge in [0.2, 0.25) is 11.8 Å². The Labute approximate surface area is 204 Å². The topological polar surface area (TPSA) is 70.2 Å². The Hall–Kier alpha value is -2.57. The fourth-order valence-electron chi connectivity index (χ4n) is 4.83. The van der Waals surface area contributed by atoms with Crippen molar-refractivity contribution >= 4 is 17.9 Å². The number of benzene rings is 1. The molecule has 2 aliphatic rings. The lowest BCUT2D eigenvalue weighted by Crippen LogP contribution is -2.49. The summed E-state index contributed by atoms with van der Waals surface area (Å²) in [5, 5.41) is 0. The lowest BCUT2D eigenvalue weighted by molar-refractivity contribution is -0.137. The van der Waals surface area contributed by atoms with Crippen LogP contribution in [0, 0.1) is 11.8 Å². The van der Waals surface area contributed by atoms with E-state index in [0.29, 0.717) is 32.6 Å². The van der Waals surface area contributed by atoms with Gasteiger partial charge in [-0.2, -0.15) is 0 Å². The van der Waals surface area contributed by atoms with Gasteiger partial charge in [-0.25, -0.2) is 4.79 Å². The van der Waals surface area contributed by atoms with Crippen molar-refractivity contribution in [2.24, 2.45) is 11.8 Å². The second-order valence-corrected chi connectivity index (χ2v) is 11.0. The maximum Gasteiger partial charge on any atom is 0.410 e. The molecule has 2 saturated heterocycles. The molecule has 0 radical (unpaired) electrons. The Kier molecular flexibility index (Phi) is 8.61. The summed E-state index contributed by atoms with van der Waals surface area (Å²) in [5.41, 5.74) is 0.656. The molecule has 2 unspecified atom stereocenters. The van der Waals surface area contributed by atoms with E-state index in [2.05, 4.69) is 12.1 Å². The lowest BCUT2D eigenvalue weighted by Gasteiger charge is -2.38. The van der Waals surface area contributed by atoms with E-state index < -0.39 is 5.60 Å². The van der Waals surface area contributed by atoms with Crippen molar-refractivity contribution in [3.8, 4) is 0 Å². The first kappa shape index (κ1) is 26.0. The highest BCUT2D eigenvalue weighted by Gasteiger charge is 2.38. The number of likely N-dealkylation sites (tertiary alicyclic amines) is 2. The van der Waals surface area contributed by atoms with Crippen LogP contribution in [0.25, 0.3) is 0 Å². The van der Waals surface area contributed by atoms with Crippen LogP contribution < -0.4 is 0 Å². The molecule has 2 heterocycles. The quantitative estimate of drug-likeness (QED) is 0.604. The predicted molar refractivity (Wildman–Crippen MR) is 132 cm³/mol. The molecule has 7 nitrogen and oxygen atoms in total. The van der Waals surface area contributed by atoms with Crippen LogP contribution >= 0.6 is 0 Å². The number of hydrogen-bond acceptors (Lipinski definition) is 4. The summed E-state index contributed by atoms with van der Waals surface area (Å²) in [4.78, 5) is 44.1. The highest BCUT2D eigenvalue weighted by Crippen LogP contribution is 2.25. The van der Waals surface area contributed by atoms with Crippen molar-refractivity contribution in [2.75, 3.05) is 32.7 Å². The van der Waals surface area contributed by atoms with E-state index in [4.69, 9.17) is 4.74 Å². The molecule has 2 aliphatic heterocycles.